The Bertz CT molecular complexity index is 1230. The van der Waals surface area contributed by atoms with E-state index >= 15 is 0 Å². The molecule has 1 aromatic carbocycles. The van der Waals surface area contributed by atoms with Gasteiger partial charge in [0.25, 0.3) is 5.56 Å². The van der Waals surface area contributed by atoms with E-state index in [0.29, 0.717) is 39.9 Å². The second kappa shape index (κ2) is 8.82. The van der Waals surface area contributed by atoms with Crippen LogP contribution < -0.4 is 16.0 Å². The van der Waals surface area contributed by atoms with Crippen LogP contribution in [-0.4, -0.2) is 9.55 Å². The summed E-state index contributed by atoms with van der Waals surface area (Å²) in [5, 5.41) is 0.679. The molecule has 0 unspecified atom stereocenters. The molecule has 2 aromatic heterocycles. The molecule has 3 aromatic rings. The summed E-state index contributed by atoms with van der Waals surface area (Å²) in [7, 11) is 1.65. The minimum absolute atomic E-state index is 0.115. The summed E-state index contributed by atoms with van der Waals surface area (Å²) in [6.45, 7) is 3.70. The van der Waals surface area contributed by atoms with Crippen LogP contribution in [0.4, 0.5) is 8.78 Å². The molecular weight excluding hydrogens is 388 g/mol. The molecule has 7 heteroatoms. The summed E-state index contributed by atoms with van der Waals surface area (Å²) in [6.07, 6.45) is 9.15. The first-order chi connectivity index (χ1) is 14.3. The first kappa shape index (κ1) is 21.1. The molecule has 30 heavy (non-hydrogen) atoms. The fourth-order valence-electron chi connectivity index (χ4n) is 3.08. The molecule has 0 fully saturated rings. The van der Waals surface area contributed by atoms with Crippen LogP contribution in [0.3, 0.4) is 0 Å². The number of hydrogen-bond acceptors (Lipinski definition) is 3. The molecule has 0 aliphatic carbocycles. The Morgan fingerprint density at radius 3 is 2.73 bits per heavy atom. The maximum atomic E-state index is 14.3. The number of aromatic nitrogens is 2. The van der Waals surface area contributed by atoms with Crippen LogP contribution in [0.5, 0.6) is 5.75 Å². The Morgan fingerprint density at radius 1 is 1.30 bits per heavy atom. The number of H-pyrrole nitrogens is 1. The number of ether oxygens (including phenoxy) is 1. The van der Waals surface area contributed by atoms with Gasteiger partial charge in [-0.15, -0.1) is 0 Å². The number of nitrogens with one attached hydrogen (secondary N) is 1. The molecule has 3 N–H and O–H groups in total. The van der Waals surface area contributed by atoms with Gasteiger partial charge in [0.1, 0.15) is 17.1 Å². The molecule has 2 heterocycles. The van der Waals surface area contributed by atoms with Crippen LogP contribution in [0.2, 0.25) is 0 Å². The van der Waals surface area contributed by atoms with Gasteiger partial charge >= 0.3 is 0 Å². The number of fused-ring (bicyclic) bond motifs is 1. The summed E-state index contributed by atoms with van der Waals surface area (Å²) in [6, 6.07) is 4.91. The highest BCUT2D eigenvalue weighted by atomic mass is 19.1. The second-order valence-electron chi connectivity index (χ2n) is 6.73. The highest BCUT2D eigenvalue weighted by Gasteiger charge is 2.18. The summed E-state index contributed by atoms with van der Waals surface area (Å²) in [5.74, 6) is -1.28. The number of halogens is 2. The van der Waals surface area contributed by atoms with Crippen molar-refractivity contribution >= 4 is 16.5 Å². The van der Waals surface area contributed by atoms with Gasteiger partial charge in [-0.1, -0.05) is 13.0 Å². The van der Waals surface area contributed by atoms with Gasteiger partial charge in [0.2, 0.25) is 0 Å². The van der Waals surface area contributed by atoms with Gasteiger partial charge in [-0.05, 0) is 43.7 Å². The molecule has 0 atom stereocenters. The predicted octanol–water partition coefficient (Wildman–Crippen LogP) is 4.76. The minimum atomic E-state index is -0.817. The van der Waals surface area contributed by atoms with E-state index in [1.807, 2.05) is 6.92 Å². The van der Waals surface area contributed by atoms with Crippen LogP contribution in [-0.2, 0) is 7.05 Å². The smallest absolute Gasteiger partial charge is 0.274 e. The van der Waals surface area contributed by atoms with E-state index in [9.17, 15) is 13.6 Å². The van der Waals surface area contributed by atoms with Gasteiger partial charge in [0.05, 0.1) is 0 Å². The molecule has 0 radical (unpaired) electrons. The fourth-order valence-corrected chi connectivity index (χ4v) is 3.08. The highest BCUT2D eigenvalue weighted by Crippen LogP contribution is 2.32. The van der Waals surface area contributed by atoms with Crippen molar-refractivity contribution in [3.63, 3.8) is 0 Å². The third-order valence-corrected chi connectivity index (χ3v) is 4.60. The average Bonchev–Trinajstić information content (AvgIpc) is 3.20. The fraction of sp³-hybridized carbons (Fsp3) is 0.174. The molecule has 0 bridgehead atoms. The van der Waals surface area contributed by atoms with Gasteiger partial charge in [0.15, 0.2) is 11.6 Å². The lowest BCUT2D eigenvalue weighted by molar-refractivity contribution is 0.410. The van der Waals surface area contributed by atoms with Gasteiger partial charge in [-0.25, -0.2) is 8.78 Å². The van der Waals surface area contributed by atoms with Crippen molar-refractivity contribution in [3.05, 3.63) is 93.9 Å². The molecule has 0 aliphatic heterocycles. The van der Waals surface area contributed by atoms with Crippen LogP contribution >= 0.6 is 0 Å². The number of allylic oxidation sites excluding steroid dienone is 4. The van der Waals surface area contributed by atoms with E-state index in [2.05, 4.69) is 4.98 Å². The topological polar surface area (TPSA) is 73.0 Å². The molecule has 0 saturated carbocycles. The van der Waals surface area contributed by atoms with Gasteiger partial charge in [-0.3, -0.25) is 4.79 Å². The lowest BCUT2D eigenvalue weighted by Crippen LogP contribution is -2.18. The van der Waals surface area contributed by atoms with Crippen LogP contribution in [0.25, 0.3) is 16.5 Å². The lowest BCUT2D eigenvalue weighted by Gasteiger charge is -2.17. The second-order valence-corrected chi connectivity index (χ2v) is 6.73. The number of hydrogen-bond donors (Lipinski definition) is 2. The average molecular weight is 411 g/mol. The Kier molecular flexibility index (Phi) is 6.20. The maximum absolute atomic E-state index is 14.3. The van der Waals surface area contributed by atoms with Gasteiger partial charge in [0, 0.05) is 47.7 Å². The zero-order chi connectivity index (χ0) is 21.8. The van der Waals surface area contributed by atoms with Crippen molar-refractivity contribution in [3.8, 4) is 5.75 Å². The van der Waals surface area contributed by atoms with E-state index in [4.69, 9.17) is 10.5 Å². The Morgan fingerprint density at radius 2 is 2.07 bits per heavy atom. The standard InChI is InChI=1S/C23H23F2N3O2/c1-4-6-20(30-21-8-7-14(24)11-19(21)25)17(12-15(26)5-2)18-13-28(3)23(29)22-16(18)9-10-27-22/h5-13,27H,4,26H2,1-3H3/b15-5+,17-12-,20-6-. The number of pyridine rings is 1. The molecule has 3 rings (SSSR count). The summed E-state index contributed by atoms with van der Waals surface area (Å²) in [5.41, 5.74) is 8.05. The van der Waals surface area contributed by atoms with Crippen LogP contribution in [0.1, 0.15) is 25.8 Å². The van der Waals surface area contributed by atoms with Crippen molar-refractivity contribution < 1.29 is 13.5 Å². The van der Waals surface area contributed by atoms with Crippen molar-refractivity contribution in [2.45, 2.75) is 20.3 Å². The predicted molar refractivity (Wildman–Crippen MR) is 115 cm³/mol. The van der Waals surface area contributed by atoms with Crippen molar-refractivity contribution in [2.24, 2.45) is 12.8 Å². The molecule has 156 valence electrons. The number of nitrogens with two attached hydrogens (primary N) is 1. The third-order valence-electron chi connectivity index (χ3n) is 4.60. The Balaban J connectivity index is 2.24. The van der Waals surface area contributed by atoms with E-state index in [1.165, 1.54) is 10.6 Å². The van der Waals surface area contributed by atoms with E-state index in [1.54, 1.807) is 50.7 Å². The normalized spacial score (nSPS) is 13.2. The Hall–Kier alpha value is -3.61. The zero-order valence-corrected chi connectivity index (χ0v) is 17.0. The SMILES string of the molecule is C\C=C(N)/C=C(\C(=C\CC)Oc1ccc(F)cc1F)c1cn(C)c(=O)c2[nH]ccc12. The molecule has 0 spiro atoms. The first-order valence-electron chi connectivity index (χ1n) is 9.49. The summed E-state index contributed by atoms with van der Waals surface area (Å²) >= 11 is 0. The monoisotopic (exact) mass is 411 g/mol. The molecule has 5 nitrogen and oxygen atoms in total. The number of aromatic amines is 1. The van der Waals surface area contributed by atoms with Crippen molar-refractivity contribution in [1.29, 1.82) is 0 Å². The molecule has 0 amide bonds. The van der Waals surface area contributed by atoms with Crippen LogP contribution in [0.15, 0.2) is 71.1 Å². The molecular formula is C23H23F2N3O2. The maximum Gasteiger partial charge on any atom is 0.274 e. The first-order valence-corrected chi connectivity index (χ1v) is 9.49. The number of aryl methyl sites for hydroxylation is 1. The van der Waals surface area contributed by atoms with E-state index < -0.39 is 11.6 Å². The van der Waals surface area contributed by atoms with Crippen LogP contribution in [0, 0.1) is 11.6 Å². The largest absolute Gasteiger partial charge is 0.454 e. The van der Waals surface area contributed by atoms with E-state index in [0.717, 1.165) is 12.1 Å². The quantitative estimate of drug-likeness (QED) is 0.454. The van der Waals surface area contributed by atoms with E-state index in [-0.39, 0.29) is 11.3 Å². The highest BCUT2D eigenvalue weighted by molar-refractivity contribution is 5.95. The minimum Gasteiger partial charge on any atom is -0.454 e. The number of rotatable bonds is 6. The summed E-state index contributed by atoms with van der Waals surface area (Å²) < 4.78 is 34.9. The van der Waals surface area contributed by atoms with Crippen molar-refractivity contribution in [1.82, 2.24) is 9.55 Å². The third kappa shape index (κ3) is 4.20. The zero-order valence-electron chi connectivity index (χ0n) is 17.0. The number of nitrogens with zero attached hydrogens (tertiary/aromatic N) is 1. The van der Waals surface area contributed by atoms with Gasteiger partial charge in [-0.2, -0.15) is 0 Å². The van der Waals surface area contributed by atoms with Gasteiger partial charge < -0.3 is 20.0 Å². The van der Waals surface area contributed by atoms with Crippen molar-refractivity contribution in [2.75, 3.05) is 0 Å². The lowest BCUT2D eigenvalue weighted by atomic mass is 10.00. The Labute approximate surface area is 172 Å². The summed E-state index contributed by atoms with van der Waals surface area (Å²) in [4.78, 5) is 15.4. The molecule has 0 saturated heterocycles. The number of benzene rings is 1. The molecule has 0 aliphatic rings.